The second-order valence-corrected chi connectivity index (χ2v) is 7.46. The topological polar surface area (TPSA) is 63.4 Å². The summed E-state index contributed by atoms with van der Waals surface area (Å²) in [5, 5.41) is 0. The van der Waals surface area contributed by atoms with E-state index in [1.165, 1.54) is 16.4 Å². The smallest absolute Gasteiger partial charge is 0.246 e. The van der Waals surface area contributed by atoms with Crippen LogP contribution in [0, 0.1) is 12.7 Å². The fourth-order valence-electron chi connectivity index (χ4n) is 2.51. The third kappa shape index (κ3) is 2.34. The van der Waals surface area contributed by atoms with Crippen molar-refractivity contribution < 1.29 is 12.8 Å². The summed E-state index contributed by atoms with van der Waals surface area (Å²) < 4.78 is 40.5. The van der Waals surface area contributed by atoms with Gasteiger partial charge in [-0.15, -0.1) is 0 Å². The van der Waals surface area contributed by atoms with Crippen molar-refractivity contribution in [2.45, 2.75) is 44.0 Å². The molecule has 0 aromatic heterocycles. The molecule has 0 aliphatic carbocycles. The maximum atomic E-state index is 14.0. The van der Waals surface area contributed by atoms with E-state index in [-0.39, 0.29) is 10.6 Å². The van der Waals surface area contributed by atoms with Gasteiger partial charge in [0.25, 0.3) is 0 Å². The maximum Gasteiger partial charge on any atom is 0.246 e. The summed E-state index contributed by atoms with van der Waals surface area (Å²) in [7, 11) is -3.84. The van der Waals surface area contributed by atoms with Crippen molar-refractivity contribution in [1.82, 2.24) is 4.31 Å². The number of rotatable bonds is 2. The molecular formula is C13H19FN2O2S. The molecule has 0 spiro atoms. The Morgan fingerprint density at radius 3 is 2.53 bits per heavy atom. The van der Waals surface area contributed by atoms with Gasteiger partial charge in [-0.25, -0.2) is 12.8 Å². The highest BCUT2D eigenvalue weighted by molar-refractivity contribution is 7.89. The van der Waals surface area contributed by atoms with Crippen LogP contribution in [-0.4, -0.2) is 24.8 Å². The van der Waals surface area contributed by atoms with Crippen molar-refractivity contribution in [2.75, 3.05) is 12.3 Å². The number of aryl methyl sites for hydroxylation is 1. The van der Waals surface area contributed by atoms with Crippen LogP contribution in [0.4, 0.5) is 10.1 Å². The summed E-state index contributed by atoms with van der Waals surface area (Å²) in [5.41, 5.74) is 6.05. The molecule has 6 heteroatoms. The van der Waals surface area contributed by atoms with Crippen molar-refractivity contribution >= 4 is 15.7 Å². The lowest BCUT2D eigenvalue weighted by molar-refractivity contribution is 0.290. The summed E-state index contributed by atoms with van der Waals surface area (Å²) in [6.07, 6.45) is 1.56. The number of sulfonamides is 1. The quantitative estimate of drug-likeness (QED) is 0.848. The van der Waals surface area contributed by atoms with Crippen LogP contribution in [-0.2, 0) is 10.0 Å². The zero-order valence-corrected chi connectivity index (χ0v) is 12.2. The van der Waals surface area contributed by atoms with Gasteiger partial charge >= 0.3 is 0 Å². The molecule has 106 valence electrons. The van der Waals surface area contributed by atoms with Crippen molar-refractivity contribution in [3.8, 4) is 0 Å². The molecule has 1 aromatic rings. The molecule has 0 saturated carbocycles. The largest absolute Gasteiger partial charge is 0.398 e. The minimum Gasteiger partial charge on any atom is -0.398 e. The predicted octanol–water partition coefficient (Wildman–Crippen LogP) is 2.28. The fraction of sp³-hybridized carbons (Fsp3) is 0.538. The molecule has 1 aromatic carbocycles. The summed E-state index contributed by atoms with van der Waals surface area (Å²) in [6.45, 7) is 5.77. The molecule has 1 saturated heterocycles. The first-order chi connectivity index (χ1) is 8.66. The summed E-state index contributed by atoms with van der Waals surface area (Å²) in [5.74, 6) is -0.741. The predicted molar refractivity (Wildman–Crippen MR) is 72.8 cm³/mol. The molecule has 0 unspecified atom stereocenters. The number of anilines is 1. The molecule has 2 rings (SSSR count). The molecule has 2 N–H and O–H groups in total. The zero-order chi connectivity index (χ0) is 14.4. The van der Waals surface area contributed by atoms with Crippen LogP contribution in [0.5, 0.6) is 0 Å². The Morgan fingerprint density at radius 1 is 1.37 bits per heavy atom. The number of halogens is 1. The summed E-state index contributed by atoms with van der Waals surface area (Å²) >= 11 is 0. The van der Waals surface area contributed by atoms with Gasteiger partial charge in [-0.2, -0.15) is 4.31 Å². The van der Waals surface area contributed by atoms with Crippen LogP contribution in [0.15, 0.2) is 17.0 Å². The van der Waals surface area contributed by atoms with Gasteiger partial charge in [0, 0.05) is 17.8 Å². The lowest BCUT2D eigenvalue weighted by Gasteiger charge is -2.30. The van der Waals surface area contributed by atoms with E-state index in [9.17, 15) is 12.8 Å². The van der Waals surface area contributed by atoms with Gasteiger partial charge in [0.05, 0.1) is 0 Å². The second-order valence-electron chi connectivity index (χ2n) is 5.63. The minimum absolute atomic E-state index is 0.289. The number of benzene rings is 1. The number of hydrogen-bond acceptors (Lipinski definition) is 3. The monoisotopic (exact) mass is 286 g/mol. The first-order valence-corrected chi connectivity index (χ1v) is 7.69. The fourth-order valence-corrected chi connectivity index (χ4v) is 4.44. The molecule has 1 aliphatic rings. The van der Waals surface area contributed by atoms with E-state index < -0.39 is 21.4 Å². The SMILES string of the molecule is Cc1cc(F)c(S(=O)(=O)N2CCCC2(C)C)cc1N. The Balaban J connectivity index is 2.55. The van der Waals surface area contributed by atoms with Crippen LogP contribution in [0.3, 0.4) is 0 Å². The summed E-state index contributed by atoms with van der Waals surface area (Å²) in [6, 6.07) is 2.39. The molecule has 0 radical (unpaired) electrons. The van der Waals surface area contributed by atoms with E-state index in [1.54, 1.807) is 6.92 Å². The number of nitrogen functional groups attached to an aromatic ring is 1. The number of nitrogens with zero attached hydrogens (tertiary/aromatic N) is 1. The molecule has 1 heterocycles. The Labute approximate surface area is 113 Å². The van der Waals surface area contributed by atoms with E-state index in [4.69, 9.17) is 5.73 Å². The Kier molecular flexibility index (Phi) is 3.35. The average molecular weight is 286 g/mol. The third-order valence-corrected chi connectivity index (χ3v) is 5.84. The molecule has 0 amide bonds. The van der Waals surface area contributed by atoms with Gasteiger partial charge in [-0.1, -0.05) is 0 Å². The number of hydrogen-bond donors (Lipinski definition) is 1. The van der Waals surface area contributed by atoms with Gasteiger partial charge in [0.15, 0.2) is 0 Å². The lowest BCUT2D eigenvalue weighted by atomic mass is 10.0. The third-order valence-electron chi connectivity index (χ3n) is 3.71. The molecule has 0 bridgehead atoms. The minimum atomic E-state index is -3.84. The highest BCUT2D eigenvalue weighted by atomic mass is 32.2. The number of nitrogens with two attached hydrogens (primary N) is 1. The molecule has 0 atom stereocenters. The van der Waals surface area contributed by atoms with E-state index in [1.807, 2.05) is 13.8 Å². The van der Waals surface area contributed by atoms with Gasteiger partial charge in [-0.3, -0.25) is 0 Å². The Morgan fingerprint density at radius 2 is 2.00 bits per heavy atom. The van der Waals surface area contributed by atoms with Crippen molar-refractivity contribution in [2.24, 2.45) is 0 Å². The maximum absolute atomic E-state index is 14.0. The highest BCUT2D eigenvalue weighted by Crippen LogP contribution is 2.35. The Hall–Kier alpha value is -1.14. The van der Waals surface area contributed by atoms with E-state index in [0.29, 0.717) is 12.1 Å². The zero-order valence-electron chi connectivity index (χ0n) is 11.4. The van der Waals surface area contributed by atoms with E-state index >= 15 is 0 Å². The Bertz CT molecular complexity index is 611. The highest BCUT2D eigenvalue weighted by Gasteiger charge is 2.41. The average Bonchev–Trinajstić information content (AvgIpc) is 2.63. The van der Waals surface area contributed by atoms with Gasteiger partial charge in [-0.05, 0) is 51.3 Å². The molecule has 1 aliphatic heterocycles. The van der Waals surface area contributed by atoms with Crippen molar-refractivity contribution in [1.29, 1.82) is 0 Å². The van der Waals surface area contributed by atoms with Gasteiger partial charge < -0.3 is 5.73 Å². The summed E-state index contributed by atoms with van der Waals surface area (Å²) in [4.78, 5) is -0.328. The standard InChI is InChI=1S/C13H19FN2O2S/c1-9-7-10(14)12(8-11(9)15)19(17,18)16-6-4-5-13(16,2)3/h7-8H,4-6,15H2,1-3H3. The molecular weight excluding hydrogens is 267 g/mol. The van der Waals surface area contributed by atoms with E-state index in [0.717, 1.165) is 12.8 Å². The van der Waals surface area contributed by atoms with Crippen LogP contribution < -0.4 is 5.73 Å². The molecule has 19 heavy (non-hydrogen) atoms. The van der Waals surface area contributed by atoms with Crippen LogP contribution in [0.1, 0.15) is 32.3 Å². The molecule has 4 nitrogen and oxygen atoms in total. The van der Waals surface area contributed by atoms with Crippen LogP contribution >= 0.6 is 0 Å². The van der Waals surface area contributed by atoms with Gasteiger partial charge in [0.2, 0.25) is 10.0 Å². The first-order valence-electron chi connectivity index (χ1n) is 6.25. The van der Waals surface area contributed by atoms with E-state index in [2.05, 4.69) is 0 Å². The molecule has 1 fully saturated rings. The first kappa shape index (κ1) is 14.3. The van der Waals surface area contributed by atoms with Crippen molar-refractivity contribution in [3.05, 3.63) is 23.5 Å². The normalized spacial score (nSPS) is 19.8. The van der Waals surface area contributed by atoms with Gasteiger partial charge in [0.1, 0.15) is 10.7 Å². The van der Waals surface area contributed by atoms with Crippen LogP contribution in [0.2, 0.25) is 0 Å². The second kappa shape index (κ2) is 4.45. The van der Waals surface area contributed by atoms with Crippen LogP contribution in [0.25, 0.3) is 0 Å². The van der Waals surface area contributed by atoms with Crippen molar-refractivity contribution in [3.63, 3.8) is 0 Å². The lowest BCUT2D eigenvalue weighted by Crippen LogP contribution is -2.42.